The Balaban J connectivity index is 1.94. The Morgan fingerprint density at radius 1 is 1.00 bits per heavy atom. The maximum atomic E-state index is 13.7. The number of carbonyl (C=O) groups is 1. The van der Waals surface area contributed by atoms with Crippen LogP contribution < -0.4 is 4.31 Å². The maximum absolute atomic E-state index is 13.7. The summed E-state index contributed by atoms with van der Waals surface area (Å²) in [5, 5.41) is 54.8. The van der Waals surface area contributed by atoms with E-state index >= 15 is 0 Å². The molecule has 0 radical (unpaired) electrons. The predicted molar refractivity (Wildman–Crippen MR) is 172 cm³/mol. The van der Waals surface area contributed by atoms with E-state index in [1.807, 2.05) is 13.8 Å². The third kappa shape index (κ3) is 15.7. The van der Waals surface area contributed by atoms with Crippen molar-refractivity contribution in [3.8, 4) is 11.3 Å². The summed E-state index contributed by atoms with van der Waals surface area (Å²) in [6, 6.07) is 5.45. The monoisotopic (exact) mass is 735 g/mol. The number of hydrogen-bond donors (Lipinski definition) is 6. The zero-order valence-electron chi connectivity index (χ0n) is 28.2. The normalized spacial score (nSPS) is 14.1. The van der Waals surface area contributed by atoms with Crippen molar-refractivity contribution in [1.82, 2.24) is 20.7 Å². The Labute approximate surface area is 289 Å². The lowest BCUT2D eigenvalue weighted by Gasteiger charge is -2.20. The smallest absolute Gasteiger partial charge is 0.308 e. The van der Waals surface area contributed by atoms with Gasteiger partial charge in [0.1, 0.15) is 11.9 Å². The summed E-state index contributed by atoms with van der Waals surface area (Å²) < 4.78 is 49.6. The van der Waals surface area contributed by atoms with Crippen LogP contribution in [0.5, 0.6) is 0 Å². The fraction of sp³-hybridized carbons (Fsp3) is 0.567. The number of halogens is 1. The summed E-state index contributed by atoms with van der Waals surface area (Å²) >= 11 is 0. The molecule has 2 rings (SSSR count). The van der Waals surface area contributed by atoms with Crippen LogP contribution in [-0.4, -0.2) is 124 Å². The molecule has 50 heavy (non-hydrogen) atoms. The summed E-state index contributed by atoms with van der Waals surface area (Å²) in [6.45, 7) is 3.60. The number of ether oxygens (including phenoxy) is 2. The second kappa shape index (κ2) is 21.2. The average Bonchev–Trinajstić information content (AvgIpc) is 3.01. The van der Waals surface area contributed by atoms with Gasteiger partial charge in [0.05, 0.1) is 66.9 Å². The number of aliphatic hydroxyl groups is 2. The van der Waals surface area contributed by atoms with Crippen LogP contribution in [0.3, 0.4) is 0 Å². The molecule has 3 atom stereocenters. The van der Waals surface area contributed by atoms with E-state index in [1.54, 1.807) is 6.08 Å². The van der Waals surface area contributed by atoms with Crippen LogP contribution in [0, 0.1) is 5.82 Å². The number of nitrogens with zero attached hydrogens (tertiary/aromatic N) is 5. The number of sulfonamides is 1. The Bertz CT molecular complexity index is 1470. The Morgan fingerprint density at radius 2 is 1.66 bits per heavy atom. The zero-order chi connectivity index (χ0) is 37.4. The van der Waals surface area contributed by atoms with Gasteiger partial charge in [-0.25, -0.2) is 31.9 Å². The summed E-state index contributed by atoms with van der Waals surface area (Å²) in [5.41, 5.74) is 1.69. The molecule has 0 saturated heterocycles. The topological polar surface area (TPSA) is 245 Å². The Morgan fingerprint density at radius 3 is 2.26 bits per heavy atom. The van der Waals surface area contributed by atoms with Gasteiger partial charge in [-0.1, -0.05) is 26.0 Å². The van der Waals surface area contributed by atoms with Crippen LogP contribution in [0.25, 0.3) is 17.3 Å². The molecule has 282 valence electrons. The van der Waals surface area contributed by atoms with Gasteiger partial charge in [0.2, 0.25) is 16.0 Å². The quantitative estimate of drug-likeness (QED) is 0.0545. The van der Waals surface area contributed by atoms with Gasteiger partial charge in [0.25, 0.3) is 0 Å². The van der Waals surface area contributed by atoms with Crippen molar-refractivity contribution < 1.29 is 67.8 Å². The molecule has 0 amide bonds. The van der Waals surface area contributed by atoms with E-state index in [2.05, 4.69) is 19.6 Å². The summed E-state index contributed by atoms with van der Waals surface area (Å²) in [7, 11) is -2.39. The molecule has 0 aliphatic rings. The summed E-state index contributed by atoms with van der Waals surface area (Å²) in [6.07, 6.45) is 0.911. The molecule has 0 fully saturated rings. The number of carbonyl (C=O) groups excluding carboxylic acids is 1. The highest BCUT2D eigenvalue weighted by Crippen LogP contribution is 2.31. The molecule has 0 bridgehead atoms. The first-order chi connectivity index (χ1) is 23.5. The molecular weight excluding hydrogens is 689 g/mol. The van der Waals surface area contributed by atoms with Crippen LogP contribution in [0.15, 0.2) is 30.3 Å². The molecular formula is C30H46FN5O13S. The van der Waals surface area contributed by atoms with Crippen molar-refractivity contribution in [2.24, 2.45) is 0 Å². The molecule has 3 unspecified atom stereocenters. The van der Waals surface area contributed by atoms with Crippen molar-refractivity contribution in [3.05, 3.63) is 47.4 Å². The standard InChI is InChI=1S/C30H46FN5O13S/c1-20(2)28-26(29(21-7-9-22(31)10-8-21)33-30(32-28)34(3)50(4,44)45)12-11-23(37)17-24(38)18-27(39)47-15-6-5-14-46-19-25(49-36(42)43)13-16-48-35(40)41/h7-12,20,23-25,37-38,40-43H,5-6,13-19H2,1-4H3/b12-11+. The van der Waals surface area contributed by atoms with Gasteiger partial charge in [0.15, 0.2) is 0 Å². The Kier molecular flexibility index (Phi) is 18.2. The third-order valence-electron chi connectivity index (χ3n) is 6.95. The van der Waals surface area contributed by atoms with Gasteiger partial charge in [0, 0.05) is 37.6 Å². The summed E-state index contributed by atoms with van der Waals surface area (Å²) in [4.78, 5) is 30.2. The summed E-state index contributed by atoms with van der Waals surface area (Å²) in [5.74, 6) is -1.47. The minimum atomic E-state index is -3.71. The van der Waals surface area contributed by atoms with Crippen LogP contribution in [0.4, 0.5) is 10.3 Å². The molecule has 1 heterocycles. The molecule has 0 aliphatic heterocycles. The van der Waals surface area contributed by atoms with Crippen LogP contribution in [0.1, 0.15) is 63.1 Å². The molecule has 1 aromatic carbocycles. The van der Waals surface area contributed by atoms with Crippen molar-refractivity contribution in [3.63, 3.8) is 0 Å². The fourth-order valence-electron chi connectivity index (χ4n) is 4.37. The van der Waals surface area contributed by atoms with Gasteiger partial charge in [-0.3, -0.25) is 30.5 Å². The third-order valence-corrected chi connectivity index (χ3v) is 8.11. The van der Waals surface area contributed by atoms with Crippen LogP contribution >= 0.6 is 0 Å². The lowest BCUT2D eigenvalue weighted by molar-refractivity contribution is -0.511. The van der Waals surface area contributed by atoms with Gasteiger partial charge in [-0.2, -0.15) is 0 Å². The number of anilines is 1. The second-order valence-corrected chi connectivity index (χ2v) is 13.5. The molecule has 20 heteroatoms. The van der Waals surface area contributed by atoms with Crippen molar-refractivity contribution in [2.45, 2.75) is 70.2 Å². The molecule has 1 aromatic heterocycles. The SMILES string of the molecule is CC(C)c1nc(N(C)S(C)(=O)=O)nc(-c2ccc(F)cc2)c1/C=C/C(O)CC(O)CC(=O)OCCCCOCC(CCON(O)O)ON(O)O. The van der Waals surface area contributed by atoms with E-state index in [-0.39, 0.29) is 57.6 Å². The predicted octanol–water partition coefficient (Wildman–Crippen LogP) is 2.44. The number of benzene rings is 1. The largest absolute Gasteiger partial charge is 0.466 e. The van der Waals surface area contributed by atoms with Gasteiger partial charge < -0.3 is 19.7 Å². The van der Waals surface area contributed by atoms with Gasteiger partial charge >= 0.3 is 5.97 Å². The molecule has 2 aromatic rings. The minimum Gasteiger partial charge on any atom is -0.466 e. The van der Waals surface area contributed by atoms with Crippen LogP contribution in [-0.2, 0) is 34.0 Å². The van der Waals surface area contributed by atoms with E-state index in [1.165, 1.54) is 37.4 Å². The fourth-order valence-corrected chi connectivity index (χ4v) is 4.75. The van der Waals surface area contributed by atoms with E-state index in [0.29, 0.717) is 35.4 Å². The molecule has 0 saturated carbocycles. The molecule has 0 aliphatic carbocycles. The highest BCUT2D eigenvalue weighted by molar-refractivity contribution is 7.92. The first-order valence-corrected chi connectivity index (χ1v) is 17.4. The van der Waals surface area contributed by atoms with Crippen LogP contribution in [0.2, 0.25) is 0 Å². The highest BCUT2D eigenvalue weighted by Gasteiger charge is 2.23. The van der Waals surface area contributed by atoms with Crippen molar-refractivity contribution >= 4 is 28.0 Å². The minimum absolute atomic E-state index is 0.0162. The van der Waals surface area contributed by atoms with E-state index in [9.17, 15) is 27.8 Å². The van der Waals surface area contributed by atoms with Gasteiger partial charge in [-0.05, 0) is 43.0 Å². The average molecular weight is 736 g/mol. The molecule has 6 N–H and O–H groups in total. The second-order valence-electron chi connectivity index (χ2n) is 11.4. The van der Waals surface area contributed by atoms with E-state index < -0.39 is 50.9 Å². The van der Waals surface area contributed by atoms with Crippen molar-refractivity contribution in [1.29, 1.82) is 0 Å². The number of rotatable bonds is 23. The molecule has 0 spiro atoms. The van der Waals surface area contributed by atoms with Crippen molar-refractivity contribution in [2.75, 3.05) is 44.0 Å². The highest BCUT2D eigenvalue weighted by atomic mass is 32.2. The number of unbranched alkanes of at least 4 members (excludes halogenated alkanes) is 1. The lowest BCUT2D eigenvalue weighted by atomic mass is 9.97. The Hall–Kier alpha value is -3.25. The van der Waals surface area contributed by atoms with E-state index in [4.69, 9.17) is 30.3 Å². The zero-order valence-corrected chi connectivity index (χ0v) is 29.0. The first-order valence-electron chi connectivity index (χ1n) is 15.5. The number of hydrogen-bond acceptors (Lipinski definition) is 17. The maximum Gasteiger partial charge on any atom is 0.308 e. The van der Waals surface area contributed by atoms with E-state index in [0.717, 1.165) is 10.6 Å². The lowest BCUT2D eigenvalue weighted by Crippen LogP contribution is -2.30. The van der Waals surface area contributed by atoms with Gasteiger partial charge in [-0.15, -0.1) is 0 Å². The number of aliphatic hydroxyl groups excluding tert-OH is 2. The first kappa shape index (κ1) is 42.9. The number of aromatic nitrogens is 2. The number of esters is 1. The molecule has 18 nitrogen and oxygen atoms in total.